The van der Waals surface area contributed by atoms with E-state index in [0.717, 1.165) is 5.56 Å². The minimum Gasteiger partial charge on any atom is -0.508 e. The van der Waals surface area contributed by atoms with Gasteiger partial charge in [-0.3, -0.25) is 4.79 Å². The fourth-order valence-corrected chi connectivity index (χ4v) is 2.06. The molecule has 4 nitrogen and oxygen atoms in total. The first kappa shape index (κ1) is 14.5. The summed E-state index contributed by atoms with van der Waals surface area (Å²) >= 11 is 0. The lowest BCUT2D eigenvalue weighted by molar-refractivity contribution is -0.142. The summed E-state index contributed by atoms with van der Waals surface area (Å²) in [6, 6.07) is 7.04. The second-order valence-electron chi connectivity index (χ2n) is 4.86. The van der Waals surface area contributed by atoms with Gasteiger partial charge in [0.25, 0.3) is 0 Å². The summed E-state index contributed by atoms with van der Waals surface area (Å²) in [6.45, 7) is 4.26. The Morgan fingerprint density at radius 3 is 2.28 bits per heavy atom. The van der Waals surface area contributed by atoms with Crippen LogP contribution in [0.3, 0.4) is 0 Å². The van der Waals surface area contributed by atoms with Gasteiger partial charge in [0, 0.05) is 6.54 Å². The molecule has 0 aliphatic carbocycles. The first-order valence-corrected chi connectivity index (χ1v) is 6.17. The molecule has 3 unspecified atom stereocenters. The van der Waals surface area contributed by atoms with Gasteiger partial charge in [-0.25, -0.2) is 0 Å². The Hall–Kier alpha value is -1.55. The number of hydrogen-bond donors (Lipinski definition) is 3. The fourth-order valence-electron chi connectivity index (χ4n) is 2.06. The van der Waals surface area contributed by atoms with E-state index in [0.29, 0.717) is 6.42 Å². The second-order valence-corrected chi connectivity index (χ2v) is 4.86. The van der Waals surface area contributed by atoms with E-state index in [-0.39, 0.29) is 24.1 Å². The van der Waals surface area contributed by atoms with Crippen LogP contribution in [0.4, 0.5) is 0 Å². The fraction of sp³-hybridized carbons (Fsp3) is 0.500. The van der Waals surface area contributed by atoms with E-state index in [4.69, 9.17) is 10.8 Å². The number of phenols is 1. The van der Waals surface area contributed by atoms with Crippen LogP contribution in [-0.4, -0.2) is 22.7 Å². The average Bonchev–Trinajstić information content (AvgIpc) is 2.35. The molecular weight excluding hydrogens is 230 g/mol. The van der Waals surface area contributed by atoms with Crippen LogP contribution in [0.1, 0.15) is 31.7 Å². The smallest absolute Gasteiger partial charge is 0.307 e. The lowest BCUT2D eigenvalue weighted by atomic mass is 9.83. The van der Waals surface area contributed by atoms with Crippen molar-refractivity contribution in [2.75, 3.05) is 6.54 Å². The van der Waals surface area contributed by atoms with E-state index < -0.39 is 11.9 Å². The highest BCUT2D eigenvalue weighted by molar-refractivity contribution is 5.70. The van der Waals surface area contributed by atoms with Gasteiger partial charge in [-0.1, -0.05) is 26.0 Å². The maximum atomic E-state index is 11.0. The van der Waals surface area contributed by atoms with Crippen LogP contribution in [0.2, 0.25) is 0 Å². The van der Waals surface area contributed by atoms with E-state index in [2.05, 4.69) is 6.92 Å². The number of phenolic OH excluding ortho intramolecular Hbond substituents is 1. The molecule has 1 aromatic rings. The number of benzene rings is 1. The molecule has 0 bridgehead atoms. The molecule has 1 aromatic carbocycles. The molecule has 0 saturated carbocycles. The number of nitrogens with two attached hydrogens (primary N) is 1. The maximum absolute atomic E-state index is 11.0. The molecule has 0 aliphatic rings. The number of carboxylic acids is 1. The van der Waals surface area contributed by atoms with Crippen LogP contribution in [0.15, 0.2) is 24.3 Å². The van der Waals surface area contributed by atoms with Crippen LogP contribution >= 0.6 is 0 Å². The molecule has 0 radical (unpaired) electrons. The highest BCUT2D eigenvalue weighted by Gasteiger charge is 2.22. The molecule has 18 heavy (non-hydrogen) atoms. The van der Waals surface area contributed by atoms with Crippen LogP contribution in [0.5, 0.6) is 5.75 Å². The Labute approximate surface area is 107 Å². The highest BCUT2D eigenvalue weighted by Crippen LogP contribution is 2.29. The lowest BCUT2D eigenvalue weighted by Crippen LogP contribution is -2.26. The number of carboxylic acid groups (broad SMARTS) is 1. The van der Waals surface area contributed by atoms with Crippen molar-refractivity contribution < 1.29 is 15.0 Å². The molecule has 0 aliphatic heterocycles. The third-order valence-electron chi connectivity index (χ3n) is 3.56. The Bertz CT molecular complexity index is 389. The summed E-state index contributed by atoms with van der Waals surface area (Å²) in [4.78, 5) is 11.0. The van der Waals surface area contributed by atoms with Crippen LogP contribution in [-0.2, 0) is 4.79 Å². The number of hydrogen-bond acceptors (Lipinski definition) is 3. The zero-order valence-electron chi connectivity index (χ0n) is 10.8. The summed E-state index contributed by atoms with van der Waals surface area (Å²) in [5.41, 5.74) is 6.57. The van der Waals surface area contributed by atoms with Crippen LogP contribution in [0, 0.1) is 11.8 Å². The molecule has 0 fully saturated rings. The second kappa shape index (κ2) is 6.40. The lowest BCUT2D eigenvalue weighted by Gasteiger charge is -2.23. The van der Waals surface area contributed by atoms with Crippen molar-refractivity contribution >= 4 is 5.97 Å². The number of carbonyl (C=O) groups is 1. The Morgan fingerprint density at radius 1 is 1.28 bits per heavy atom. The van der Waals surface area contributed by atoms with Crippen molar-refractivity contribution in [2.45, 2.75) is 26.2 Å². The third kappa shape index (κ3) is 3.74. The molecule has 0 saturated heterocycles. The average molecular weight is 251 g/mol. The Morgan fingerprint density at radius 2 is 1.83 bits per heavy atom. The molecule has 0 spiro atoms. The van der Waals surface area contributed by atoms with Crippen molar-refractivity contribution in [3.63, 3.8) is 0 Å². The van der Waals surface area contributed by atoms with Gasteiger partial charge in [-0.05, 0) is 36.0 Å². The highest BCUT2D eigenvalue weighted by atomic mass is 16.4. The standard InChI is InChI=1S/C14H21NO3/c1-9(7-12(8-15)14(17)18)10(2)11-3-5-13(16)6-4-11/h3-6,9-10,12,16H,7-8,15H2,1-2H3,(H,17,18). The van der Waals surface area contributed by atoms with Gasteiger partial charge in [0.1, 0.15) is 5.75 Å². The SMILES string of the molecule is CC(CC(CN)C(=O)O)C(C)c1ccc(O)cc1. The molecule has 0 aromatic heterocycles. The van der Waals surface area contributed by atoms with E-state index >= 15 is 0 Å². The number of rotatable bonds is 6. The van der Waals surface area contributed by atoms with Gasteiger partial charge in [0.15, 0.2) is 0 Å². The summed E-state index contributed by atoms with van der Waals surface area (Å²) in [7, 11) is 0. The van der Waals surface area contributed by atoms with Crippen molar-refractivity contribution in [3.05, 3.63) is 29.8 Å². The number of aromatic hydroxyl groups is 1. The van der Waals surface area contributed by atoms with Crippen molar-refractivity contribution in [3.8, 4) is 5.75 Å². The molecule has 4 N–H and O–H groups in total. The molecule has 1 rings (SSSR count). The van der Waals surface area contributed by atoms with Gasteiger partial charge in [-0.2, -0.15) is 0 Å². The van der Waals surface area contributed by atoms with Gasteiger partial charge in [0.2, 0.25) is 0 Å². The van der Waals surface area contributed by atoms with Crippen molar-refractivity contribution in [2.24, 2.45) is 17.6 Å². The molecule has 100 valence electrons. The zero-order valence-corrected chi connectivity index (χ0v) is 10.8. The summed E-state index contributed by atoms with van der Waals surface area (Å²) in [5.74, 6) is -0.621. The zero-order chi connectivity index (χ0) is 13.7. The quantitative estimate of drug-likeness (QED) is 0.723. The Kier molecular flexibility index (Phi) is 5.16. The van der Waals surface area contributed by atoms with E-state index in [9.17, 15) is 9.90 Å². The Balaban J connectivity index is 2.68. The molecule has 0 amide bonds. The predicted octanol–water partition coefficient (Wildman–Crippen LogP) is 2.18. The normalized spacial score (nSPS) is 15.9. The van der Waals surface area contributed by atoms with E-state index in [1.165, 1.54) is 0 Å². The molecule has 0 heterocycles. The van der Waals surface area contributed by atoms with E-state index in [1.54, 1.807) is 12.1 Å². The first-order valence-electron chi connectivity index (χ1n) is 6.17. The predicted molar refractivity (Wildman–Crippen MR) is 70.5 cm³/mol. The largest absolute Gasteiger partial charge is 0.508 e. The number of aliphatic carboxylic acids is 1. The van der Waals surface area contributed by atoms with Crippen LogP contribution < -0.4 is 5.73 Å². The van der Waals surface area contributed by atoms with Gasteiger partial charge in [-0.15, -0.1) is 0 Å². The topological polar surface area (TPSA) is 83.6 Å². The first-order chi connectivity index (χ1) is 8.45. The van der Waals surface area contributed by atoms with Gasteiger partial charge >= 0.3 is 5.97 Å². The minimum absolute atomic E-state index is 0.169. The monoisotopic (exact) mass is 251 g/mol. The van der Waals surface area contributed by atoms with Crippen LogP contribution in [0.25, 0.3) is 0 Å². The van der Waals surface area contributed by atoms with Gasteiger partial charge < -0.3 is 15.9 Å². The summed E-state index contributed by atoms with van der Waals surface area (Å²) < 4.78 is 0. The molecule has 4 heteroatoms. The van der Waals surface area contributed by atoms with Crippen molar-refractivity contribution in [1.82, 2.24) is 0 Å². The maximum Gasteiger partial charge on any atom is 0.307 e. The van der Waals surface area contributed by atoms with Gasteiger partial charge in [0.05, 0.1) is 5.92 Å². The third-order valence-corrected chi connectivity index (χ3v) is 3.56. The minimum atomic E-state index is -0.831. The van der Waals surface area contributed by atoms with E-state index in [1.807, 2.05) is 19.1 Å². The summed E-state index contributed by atoms with van der Waals surface area (Å²) in [6.07, 6.45) is 0.563. The molecular formula is C14H21NO3. The summed E-state index contributed by atoms with van der Waals surface area (Å²) in [5, 5.41) is 18.2. The molecule has 3 atom stereocenters. The van der Waals surface area contributed by atoms with Crippen molar-refractivity contribution in [1.29, 1.82) is 0 Å².